The van der Waals surface area contributed by atoms with Crippen molar-refractivity contribution in [2.24, 2.45) is 0 Å². The average molecular weight is 212 g/mol. The average Bonchev–Trinajstić information content (AvgIpc) is 2.80. The molecule has 66 valence electrons. The number of hydrogen-bond donors (Lipinski definition) is 0. The minimum Gasteiger partial charge on any atom is -0.143 e. The van der Waals surface area contributed by atoms with Crippen molar-refractivity contribution in [3.05, 3.63) is 34.0 Å². The van der Waals surface area contributed by atoms with Crippen molar-refractivity contribution in [1.82, 2.24) is 0 Å². The number of thiophene rings is 2. The first kappa shape index (κ1) is 3.87. The van der Waals surface area contributed by atoms with Gasteiger partial charge in [0.05, 0.1) is 0 Å². The molecule has 0 amide bonds. The van der Waals surface area contributed by atoms with Crippen molar-refractivity contribution in [1.29, 1.82) is 0 Å². The van der Waals surface area contributed by atoms with Gasteiger partial charge in [-0.25, -0.2) is 0 Å². The molecule has 0 fully saturated rings. The summed E-state index contributed by atoms with van der Waals surface area (Å²) in [4.78, 5) is 1.58. The Bertz CT molecular complexity index is 574. The van der Waals surface area contributed by atoms with Crippen LogP contribution < -0.4 is 0 Å². The van der Waals surface area contributed by atoms with Crippen LogP contribution >= 0.6 is 22.7 Å². The van der Waals surface area contributed by atoms with Gasteiger partial charge in [0.1, 0.15) is 0 Å². The molecule has 3 rings (SSSR count). The third-order valence-corrected chi connectivity index (χ3v) is 4.34. The van der Waals surface area contributed by atoms with Gasteiger partial charge in [-0.05, 0) is 34.0 Å². The van der Waals surface area contributed by atoms with Gasteiger partial charge in [-0.15, -0.1) is 22.7 Å². The minimum atomic E-state index is -2.61. The number of hydrogen-bond acceptors (Lipinski definition) is 2. The molecule has 0 unspecified atom stereocenters. The lowest BCUT2D eigenvalue weighted by Gasteiger charge is -2.18. The lowest BCUT2D eigenvalue weighted by Crippen LogP contribution is -2.13. The molecule has 0 saturated heterocycles. The van der Waals surface area contributed by atoms with Crippen molar-refractivity contribution >= 4 is 22.7 Å². The highest BCUT2D eigenvalue weighted by Gasteiger charge is 2.36. The molecule has 0 spiro atoms. The van der Waals surface area contributed by atoms with Gasteiger partial charge < -0.3 is 0 Å². The maximum Gasteiger partial charge on any atom is 0.0486 e. The van der Waals surface area contributed by atoms with E-state index in [2.05, 4.69) is 0 Å². The molecule has 2 heterocycles. The Hall–Kier alpha value is -0.600. The molecule has 0 radical (unpaired) electrons. The maximum atomic E-state index is 7.85. The van der Waals surface area contributed by atoms with Gasteiger partial charge in [-0.2, -0.15) is 0 Å². The van der Waals surface area contributed by atoms with Crippen LogP contribution in [0.15, 0.2) is 22.9 Å². The predicted molar refractivity (Wildman–Crippen MR) is 59.8 cm³/mol. The van der Waals surface area contributed by atoms with E-state index in [-0.39, 0.29) is 0 Å². The van der Waals surface area contributed by atoms with Crippen LogP contribution in [0.5, 0.6) is 0 Å². The van der Waals surface area contributed by atoms with Crippen LogP contribution in [0.2, 0.25) is 0 Å². The number of fused-ring (bicyclic) bond motifs is 3. The Kier molecular flexibility index (Phi) is 0.671. The largest absolute Gasteiger partial charge is 0.143 e. The van der Waals surface area contributed by atoms with E-state index in [9.17, 15) is 0 Å². The van der Waals surface area contributed by atoms with Gasteiger partial charge >= 0.3 is 0 Å². The molecule has 0 aliphatic heterocycles. The highest BCUT2D eigenvalue weighted by Crippen LogP contribution is 2.53. The topological polar surface area (TPSA) is 0 Å². The molecule has 0 N–H and O–H groups in total. The molecule has 0 saturated carbocycles. The van der Waals surface area contributed by atoms with Crippen molar-refractivity contribution in [3.63, 3.8) is 0 Å². The van der Waals surface area contributed by atoms with Crippen LogP contribution in [-0.4, -0.2) is 0 Å². The van der Waals surface area contributed by atoms with Crippen molar-refractivity contribution in [2.75, 3.05) is 0 Å². The quantitative estimate of drug-likeness (QED) is 0.616. The summed E-state index contributed by atoms with van der Waals surface area (Å²) in [5.41, 5.74) is -1.02. The van der Waals surface area contributed by atoms with Gasteiger partial charge in [0.25, 0.3) is 0 Å². The summed E-state index contributed by atoms with van der Waals surface area (Å²) < 4.78 is 47.1. The Morgan fingerprint density at radius 3 is 2.08 bits per heavy atom. The van der Waals surface area contributed by atoms with Crippen LogP contribution in [0.3, 0.4) is 0 Å². The second-order valence-electron chi connectivity index (χ2n) is 3.08. The summed E-state index contributed by atoms with van der Waals surface area (Å²) in [6, 6.07) is 3.29. The summed E-state index contributed by atoms with van der Waals surface area (Å²) in [6.07, 6.45) is 0. The fourth-order valence-electron chi connectivity index (χ4n) is 1.71. The molecule has 2 aromatic rings. The zero-order valence-electron chi connectivity index (χ0n) is 12.6. The van der Waals surface area contributed by atoms with E-state index in [1.54, 1.807) is 22.9 Å². The normalized spacial score (nSPS) is 25.8. The standard InChI is InChI=1S/C11H10S2/c1-11(2)7-3-5-12-9(7)10-8(11)4-6-13-10/h3-6H,1-2H3/i1D3,2D3. The molecule has 13 heavy (non-hydrogen) atoms. The third-order valence-electron chi connectivity index (χ3n) is 2.34. The molecule has 0 bridgehead atoms. The maximum absolute atomic E-state index is 7.85. The molecule has 2 aromatic heterocycles. The van der Waals surface area contributed by atoms with E-state index in [1.165, 1.54) is 22.7 Å². The molecule has 1 aliphatic carbocycles. The van der Waals surface area contributed by atoms with E-state index in [1.807, 2.05) is 0 Å². The first-order chi connectivity index (χ1) is 8.71. The highest BCUT2D eigenvalue weighted by atomic mass is 32.1. The first-order valence-corrected chi connectivity index (χ1v) is 5.63. The van der Waals surface area contributed by atoms with Crippen LogP contribution in [0.4, 0.5) is 0 Å². The first-order valence-electron chi connectivity index (χ1n) is 6.87. The van der Waals surface area contributed by atoms with Crippen molar-refractivity contribution in [2.45, 2.75) is 19.1 Å². The Morgan fingerprint density at radius 2 is 1.62 bits per heavy atom. The minimum absolute atomic E-state index is 0.430. The van der Waals surface area contributed by atoms with Gasteiger partial charge in [0.15, 0.2) is 0 Å². The smallest absolute Gasteiger partial charge is 0.0486 e. The fraction of sp³-hybridized carbons (Fsp3) is 0.273. The summed E-state index contributed by atoms with van der Waals surface area (Å²) >= 11 is 2.81. The summed E-state index contributed by atoms with van der Waals surface area (Å²) in [5, 5.41) is 3.53. The van der Waals surface area contributed by atoms with Crippen LogP contribution in [0.25, 0.3) is 9.75 Å². The summed E-state index contributed by atoms with van der Waals surface area (Å²) in [6.45, 7) is -5.22. The Labute approximate surface area is 94.3 Å². The van der Waals surface area contributed by atoms with Gasteiger partial charge in [-0.3, -0.25) is 0 Å². The highest BCUT2D eigenvalue weighted by molar-refractivity contribution is 7.21. The van der Waals surface area contributed by atoms with E-state index in [0.717, 1.165) is 9.75 Å². The molecular formula is C11H10S2. The van der Waals surface area contributed by atoms with Crippen LogP contribution in [-0.2, 0) is 5.41 Å². The van der Waals surface area contributed by atoms with E-state index in [4.69, 9.17) is 8.22 Å². The predicted octanol–water partition coefficient (Wildman–Crippen LogP) is 4.12. The molecular weight excluding hydrogens is 196 g/mol. The van der Waals surface area contributed by atoms with Crippen LogP contribution in [0, 0.1) is 0 Å². The second-order valence-corrected chi connectivity index (χ2v) is 4.91. The molecule has 0 atom stereocenters. The van der Waals surface area contributed by atoms with Gasteiger partial charge in [0, 0.05) is 23.4 Å². The Morgan fingerprint density at radius 1 is 1.08 bits per heavy atom. The lowest BCUT2D eigenvalue weighted by molar-refractivity contribution is 0.663. The monoisotopic (exact) mass is 212 g/mol. The lowest BCUT2D eigenvalue weighted by atomic mass is 9.84. The van der Waals surface area contributed by atoms with Crippen LogP contribution in [0.1, 0.15) is 33.1 Å². The Balaban J connectivity index is 2.46. The van der Waals surface area contributed by atoms with Gasteiger partial charge in [-0.1, -0.05) is 13.7 Å². The van der Waals surface area contributed by atoms with Gasteiger partial charge in [0.2, 0.25) is 0 Å². The zero-order chi connectivity index (χ0) is 14.1. The summed E-state index contributed by atoms with van der Waals surface area (Å²) in [5.74, 6) is 0. The number of rotatable bonds is 0. The SMILES string of the molecule is [2H]C([2H])([2H])C1(C([2H])([2H])[2H])c2ccsc2-c2sccc21. The van der Waals surface area contributed by atoms with E-state index in [0.29, 0.717) is 11.1 Å². The van der Waals surface area contributed by atoms with E-state index < -0.39 is 19.1 Å². The molecule has 0 aromatic carbocycles. The van der Waals surface area contributed by atoms with E-state index >= 15 is 0 Å². The molecule has 2 heteroatoms. The second kappa shape index (κ2) is 2.25. The fourth-order valence-corrected chi connectivity index (χ4v) is 3.81. The zero-order valence-corrected chi connectivity index (χ0v) is 8.26. The van der Waals surface area contributed by atoms with Crippen molar-refractivity contribution < 1.29 is 8.22 Å². The van der Waals surface area contributed by atoms with Crippen molar-refractivity contribution in [3.8, 4) is 9.75 Å². The third kappa shape index (κ3) is 0.804. The molecule has 1 aliphatic rings. The summed E-state index contributed by atoms with van der Waals surface area (Å²) in [7, 11) is 0. The molecule has 0 nitrogen and oxygen atoms in total.